The zero-order valence-corrected chi connectivity index (χ0v) is 14.7. The minimum atomic E-state index is -1.41. The van der Waals surface area contributed by atoms with E-state index in [1.165, 1.54) is 0 Å². The first-order valence-electron chi connectivity index (χ1n) is 8.06. The van der Waals surface area contributed by atoms with Crippen molar-refractivity contribution < 1.29 is 15.0 Å². The van der Waals surface area contributed by atoms with Gasteiger partial charge in [0.25, 0.3) is 0 Å². The van der Waals surface area contributed by atoms with Crippen LogP contribution in [0.15, 0.2) is 47.6 Å². The number of aliphatic hydroxyl groups excluding tert-OH is 1. The number of benzene rings is 1. The van der Waals surface area contributed by atoms with Crippen molar-refractivity contribution in [3.05, 3.63) is 53.1 Å². The van der Waals surface area contributed by atoms with Crippen molar-refractivity contribution in [2.75, 3.05) is 6.61 Å². The van der Waals surface area contributed by atoms with Crippen molar-refractivity contribution in [2.24, 2.45) is 5.41 Å². The summed E-state index contributed by atoms with van der Waals surface area (Å²) < 4.78 is 0. The van der Waals surface area contributed by atoms with E-state index in [1.54, 1.807) is 19.9 Å². The molecule has 0 spiro atoms. The molecule has 1 aliphatic rings. The molecule has 0 saturated heterocycles. The second-order valence-corrected chi connectivity index (χ2v) is 6.88. The number of Topliss-reactive ketones (excluding diaryl/α,β-unsaturated/α-hetero) is 1. The van der Waals surface area contributed by atoms with Gasteiger partial charge in [0.2, 0.25) is 0 Å². The van der Waals surface area contributed by atoms with E-state index in [2.05, 4.69) is 11.8 Å². The fourth-order valence-electron chi connectivity index (χ4n) is 3.14. The van der Waals surface area contributed by atoms with Crippen LogP contribution >= 0.6 is 0 Å². The summed E-state index contributed by atoms with van der Waals surface area (Å²) in [6, 6.07) is 9.40. The van der Waals surface area contributed by atoms with Crippen LogP contribution in [0, 0.1) is 17.3 Å². The van der Waals surface area contributed by atoms with Crippen LogP contribution < -0.4 is 0 Å². The SMILES string of the molecule is CC1=C(c2ccccc2)C(=O)CC(C)(C)C1(O)C#C/C(C)=C\CO. The molecule has 0 fully saturated rings. The van der Waals surface area contributed by atoms with Crippen LogP contribution in [0.4, 0.5) is 0 Å². The quantitative estimate of drug-likeness (QED) is 0.822. The maximum atomic E-state index is 12.7. The molecular formula is C21H24O3. The van der Waals surface area contributed by atoms with Crippen LogP contribution in [0.3, 0.4) is 0 Å². The summed E-state index contributed by atoms with van der Waals surface area (Å²) in [4.78, 5) is 12.7. The number of carbonyl (C=O) groups is 1. The summed E-state index contributed by atoms with van der Waals surface area (Å²) in [7, 11) is 0. The third kappa shape index (κ3) is 3.21. The molecule has 0 aliphatic heterocycles. The Labute approximate surface area is 143 Å². The lowest BCUT2D eigenvalue weighted by molar-refractivity contribution is -0.119. The average Bonchev–Trinajstić information content (AvgIpc) is 2.52. The molecule has 0 amide bonds. The molecule has 0 heterocycles. The largest absolute Gasteiger partial charge is 0.392 e. The van der Waals surface area contributed by atoms with E-state index < -0.39 is 11.0 Å². The van der Waals surface area contributed by atoms with Gasteiger partial charge in [-0.3, -0.25) is 4.79 Å². The lowest BCUT2D eigenvalue weighted by Crippen LogP contribution is -2.49. The summed E-state index contributed by atoms with van der Waals surface area (Å²) in [5, 5.41) is 20.3. The van der Waals surface area contributed by atoms with Gasteiger partial charge in [-0.05, 0) is 36.6 Å². The van der Waals surface area contributed by atoms with E-state index in [1.807, 2.05) is 44.2 Å². The highest BCUT2D eigenvalue weighted by Crippen LogP contribution is 2.47. The van der Waals surface area contributed by atoms with Gasteiger partial charge in [-0.1, -0.05) is 56.0 Å². The van der Waals surface area contributed by atoms with Gasteiger partial charge >= 0.3 is 0 Å². The molecule has 1 atom stereocenters. The van der Waals surface area contributed by atoms with Crippen LogP contribution in [-0.2, 0) is 4.79 Å². The molecule has 2 rings (SSSR count). The molecule has 1 aromatic rings. The highest BCUT2D eigenvalue weighted by atomic mass is 16.3. The highest BCUT2D eigenvalue weighted by molar-refractivity contribution is 6.23. The Hall–Kier alpha value is -2.15. The summed E-state index contributed by atoms with van der Waals surface area (Å²) in [5.74, 6) is 5.91. The Morgan fingerprint density at radius 1 is 1.29 bits per heavy atom. The molecule has 0 aromatic heterocycles. The number of carbonyl (C=O) groups excluding carboxylic acids is 1. The first-order valence-corrected chi connectivity index (χ1v) is 8.06. The minimum absolute atomic E-state index is 0.0257. The van der Waals surface area contributed by atoms with E-state index in [9.17, 15) is 9.90 Å². The fraction of sp³-hybridized carbons (Fsp3) is 0.381. The highest BCUT2D eigenvalue weighted by Gasteiger charge is 2.50. The van der Waals surface area contributed by atoms with Crippen LogP contribution in [0.5, 0.6) is 0 Å². The number of hydrogen-bond acceptors (Lipinski definition) is 3. The van der Waals surface area contributed by atoms with Crippen molar-refractivity contribution in [3.8, 4) is 11.8 Å². The monoisotopic (exact) mass is 324 g/mol. The lowest BCUT2D eigenvalue weighted by Gasteiger charge is -2.44. The van der Waals surface area contributed by atoms with E-state index in [4.69, 9.17) is 5.11 Å². The van der Waals surface area contributed by atoms with Gasteiger partial charge in [0.05, 0.1) is 6.61 Å². The third-order valence-corrected chi connectivity index (χ3v) is 4.68. The topological polar surface area (TPSA) is 57.5 Å². The number of aliphatic hydroxyl groups is 2. The van der Waals surface area contributed by atoms with Gasteiger partial charge in [-0.2, -0.15) is 0 Å². The van der Waals surface area contributed by atoms with Crippen molar-refractivity contribution >= 4 is 11.4 Å². The van der Waals surface area contributed by atoms with Crippen LogP contribution in [0.1, 0.15) is 39.7 Å². The Morgan fingerprint density at radius 3 is 2.50 bits per heavy atom. The maximum absolute atomic E-state index is 12.7. The Balaban J connectivity index is 2.65. The number of ketones is 1. The third-order valence-electron chi connectivity index (χ3n) is 4.68. The Kier molecular flexibility index (Phi) is 5.13. The first kappa shape index (κ1) is 18.2. The van der Waals surface area contributed by atoms with Crippen molar-refractivity contribution in [3.63, 3.8) is 0 Å². The van der Waals surface area contributed by atoms with Crippen LogP contribution in [0.2, 0.25) is 0 Å². The molecule has 1 aliphatic carbocycles. The minimum Gasteiger partial charge on any atom is -0.392 e. The van der Waals surface area contributed by atoms with Gasteiger partial charge in [-0.15, -0.1) is 0 Å². The summed E-state index contributed by atoms with van der Waals surface area (Å²) >= 11 is 0. The second kappa shape index (κ2) is 6.76. The van der Waals surface area contributed by atoms with Crippen molar-refractivity contribution in [2.45, 2.75) is 39.7 Å². The number of allylic oxidation sites excluding steroid dienone is 2. The molecule has 0 radical (unpaired) electrons. The maximum Gasteiger partial charge on any atom is 0.164 e. The fourth-order valence-corrected chi connectivity index (χ4v) is 3.14. The number of rotatable bonds is 2. The predicted octanol–water partition coefficient (Wildman–Crippen LogP) is 3.13. The number of hydrogen-bond donors (Lipinski definition) is 2. The molecule has 3 nitrogen and oxygen atoms in total. The molecule has 1 aromatic carbocycles. The zero-order chi connectivity index (χ0) is 18.0. The molecule has 1 unspecified atom stereocenters. The molecule has 0 bridgehead atoms. The molecule has 24 heavy (non-hydrogen) atoms. The molecular weight excluding hydrogens is 300 g/mol. The summed E-state index contributed by atoms with van der Waals surface area (Å²) in [6.07, 6.45) is 1.82. The predicted molar refractivity (Wildman–Crippen MR) is 96.0 cm³/mol. The van der Waals surface area contributed by atoms with Gasteiger partial charge in [0, 0.05) is 17.4 Å². The van der Waals surface area contributed by atoms with E-state index in [-0.39, 0.29) is 18.8 Å². The smallest absolute Gasteiger partial charge is 0.164 e. The van der Waals surface area contributed by atoms with Crippen LogP contribution in [0.25, 0.3) is 5.57 Å². The molecule has 3 heteroatoms. The summed E-state index contributed by atoms with van der Waals surface area (Å²) in [5.41, 5.74) is 0.524. The first-order chi connectivity index (χ1) is 11.2. The van der Waals surface area contributed by atoms with Crippen molar-refractivity contribution in [1.82, 2.24) is 0 Å². The Morgan fingerprint density at radius 2 is 1.92 bits per heavy atom. The van der Waals surface area contributed by atoms with E-state index in [0.29, 0.717) is 16.7 Å². The van der Waals surface area contributed by atoms with E-state index >= 15 is 0 Å². The normalized spacial score (nSPS) is 23.8. The van der Waals surface area contributed by atoms with Crippen LogP contribution in [-0.4, -0.2) is 28.2 Å². The van der Waals surface area contributed by atoms with Gasteiger partial charge in [0.15, 0.2) is 11.4 Å². The Bertz CT molecular complexity index is 757. The standard InChI is InChI=1S/C21H24O3/c1-15(11-13-22)10-12-21(24)16(2)19(17-8-6-5-7-9-17)18(23)14-20(21,3)4/h5-9,11,22,24H,13-14H2,1-4H3/b15-11-. The molecule has 126 valence electrons. The van der Waals surface area contributed by atoms with E-state index in [0.717, 1.165) is 5.56 Å². The van der Waals surface area contributed by atoms with Crippen molar-refractivity contribution in [1.29, 1.82) is 0 Å². The lowest BCUT2D eigenvalue weighted by atomic mass is 9.62. The van der Waals surface area contributed by atoms with Gasteiger partial charge < -0.3 is 10.2 Å². The molecule has 0 saturated carbocycles. The van der Waals surface area contributed by atoms with Gasteiger partial charge in [0.1, 0.15) is 0 Å². The molecule has 2 N–H and O–H groups in total. The zero-order valence-electron chi connectivity index (χ0n) is 14.7. The second-order valence-electron chi connectivity index (χ2n) is 6.88. The average molecular weight is 324 g/mol. The van der Waals surface area contributed by atoms with Gasteiger partial charge in [-0.25, -0.2) is 0 Å². The summed E-state index contributed by atoms with van der Waals surface area (Å²) in [6.45, 7) is 7.18.